The Kier molecular flexibility index (Phi) is 5.35. The van der Waals surface area contributed by atoms with Crippen molar-refractivity contribution in [1.82, 2.24) is 9.97 Å². The van der Waals surface area contributed by atoms with Crippen LogP contribution in [0.15, 0.2) is 48.8 Å². The molecular weight excluding hydrogens is 341 g/mol. The lowest BCUT2D eigenvalue weighted by Gasteiger charge is -2.05. The molecule has 0 unspecified atom stereocenters. The number of hydrogen-bond donors (Lipinski definition) is 1. The number of pyridine rings is 1. The summed E-state index contributed by atoms with van der Waals surface area (Å²) in [7, 11) is 0. The van der Waals surface area contributed by atoms with Gasteiger partial charge < -0.3 is 10.1 Å². The van der Waals surface area contributed by atoms with Crippen molar-refractivity contribution in [1.29, 1.82) is 0 Å². The molecule has 1 N–H and O–H groups in total. The Morgan fingerprint density at radius 2 is 2.20 bits per heavy atom. The minimum Gasteiger partial charge on any atom is -0.462 e. The van der Waals surface area contributed by atoms with Crippen LogP contribution in [0.1, 0.15) is 22.2 Å². The number of ether oxygens (including phenoxy) is 1. The molecule has 0 aliphatic rings. The highest BCUT2D eigenvalue weighted by atomic mass is 32.1. The third kappa shape index (κ3) is 4.19. The zero-order valence-corrected chi connectivity index (χ0v) is 14.3. The van der Waals surface area contributed by atoms with Gasteiger partial charge >= 0.3 is 5.97 Å². The first kappa shape index (κ1) is 17.0. The number of nitrogens with one attached hydrogen (secondary N) is 1. The van der Waals surface area contributed by atoms with Crippen molar-refractivity contribution in [2.24, 2.45) is 0 Å². The van der Waals surface area contributed by atoms with Gasteiger partial charge in [0.15, 0.2) is 10.7 Å². The molecule has 3 aromatic rings. The molecule has 25 heavy (non-hydrogen) atoms. The molecule has 0 aliphatic heterocycles. The lowest BCUT2D eigenvalue weighted by Crippen LogP contribution is -2.08. The van der Waals surface area contributed by atoms with Crippen LogP contribution in [-0.4, -0.2) is 22.5 Å². The predicted molar refractivity (Wildman–Crippen MR) is 95.0 cm³/mol. The molecule has 0 saturated carbocycles. The van der Waals surface area contributed by atoms with Crippen molar-refractivity contribution in [3.05, 3.63) is 65.0 Å². The fourth-order valence-electron chi connectivity index (χ4n) is 2.21. The van der Waals surface area contributed by atoms with Crippen LogP contribution in [0.25, 0.3) is 10.6 Å². The second-order valence-corrected chi connectivity index (χ2v) is 6.14. The highest BCUT2D eigenvalue weighted by Crippen LogP contribution is 2.32. The molecule has 7 heteroatoms. The van der Waals surface area contributed by atoms with Crippen molar-refractivity contribution in [2.45, 2.75) is 13.5 Å². The Balaban J connectivity index is 1.90. The lowest BCUT2D eigenvalue weighted by molar-refractivity contribution is 0.0533. The number of thiazole rings is 1. The first-order chi connectivity index (χ1) is 12.2. The highest BCUT2D eigenvalue weighted by Gasteiger charge is 2.20. The van der Waals surface area contributed by atoms with Crippen molar-refractivity contribution >= 4 is 23.1 Å². The Hall–Kier alpha value is -2.80. The van der Waals surface area contributed by atoms with E-state index >= 15 is 0 Å². The maximum atomic E-state index is 13.5. The molecule has 0 spiro atoms. The van der Waals surface area contributed by atoms with Crippen LogP contribution >= 0.6 is 11.3 Å². The molecule has 0 amide bonds. The number of hydrogen-bond acceptors (Lipinski definition) is 6. The van der Waals surface area contributed by atoms with Crippen molar-refractivity contribution in [2.75, 3.05) is 11.9 Å². The minimum absolute atomic E-state index is 0.272. The zero-order valence-electron chi connectivity index (χ0n) is 13.5. The van der Waals surface area contributed by atoms with Crippen LogP contribution < -0.4 is 5.32 Å². The van der Waals surface area contributed by atoms with Gasteiger partial charge in [0.2, 0.25) is 0 Å². The zero-order chi connectivity index (χ0) is 17.6. The molecule has 2 aromatic heterocycles. The van der Waals surface area contributed by atoms with Gasteiger partial charge in [-0.15, -0.1) is 11.3 Å². The number of carbonyl (C=O) groups is 1. The number of benzene rings is 1. The van der Waals surface area contributed by atoms with Crippen LogP contribution in [0.5, 0.6) is 0 Å². The van der Waals surface area contributed by atoms with Gasteiger partial charge in [0.05, 0.1) is 6.61 Å². The first-order valence-corrected chi connectivity index (χ1v) is 8.55. The van der Waals surface area contributed by atoms with Gasteiger partial charge in [0.1, 0.15) is 10.8 Å². The molecule has 0 bridgehead atoms. The fourth-order valence-corrected chi connectivity index (χ4v) is 3.14. The van der Waals surface area contributed by atoms with Crippen LogP contribution in [0.2, 0.25) is 0 Å². The summed E-state index contributed by atoms with van der Waals surface area (Å²) in [5, 5.41) is 3.69. The second kappa shape index (κ2) is 7.85. The van der Waals surface area contributed by atoms with Gasteiger partial charge in [-0.2, -0.15) is 0 Å². The van der Waals surface area contributed by atoms with Crippen LogP contribution in [-0.2, 0) is 11.3 Å². The maximum absolute atomic E-state index is 13.5. The monoisotopic (exact) mass is 357 g/mol. The van der Waals surface area contributed by atoms with E-state index in [4.69, 9.17) is 4.74 Å². The summed E-state index contributed by atoms with van der Waals surface area (Å²) in [6, 6.07) is 9.87. The summed E-state index contributed by atoms with van der Waals surface area (Å²) >= 11 is 1.17. The molecule has 0 atom stereocenters. The van der Waals surface area contributed by atoms with Gasteiger partial charge in [-0.1, -0.05) is 18.2 Å². The maximum Gasteiger partial charge on any atom is 0.352 e. The van der Waals surface area contributed by atoms with Crippen LogP contribution in [0.4, 0.5) is 10.2 Å². The van der Waals surface area contributed by atoms with Gasteiger partial charge in [0.25, 0.3) is 0 Å². The van der Waals surface area contributed by atoms with E-state index in [0.29, 0.717) is 27.8 Å². The van der Waals surface area contributed by atoms with E-state index in [2.05, 4.69) is 15.3 Å². The third-order valence-electron chi connectivity index (χ3n) is 3.34. The number of anilines is 1. The van der Waals surface area contributed by atoms with Crippen LogP contribution in [0, 0.1) is 5.82 Å². The Morgan fingerprint density at radius 1 is 1.32 bits per heavy atom. The molecular formula is C18H16FN3O2S. The number of halogens is 1. The lowest BCUT2D eigenvalue weighted by atomic mass is 10.2. The number of nitrogens with zero attached hydrogens (tertiary/aromatic N) is 2. The number of rotatable bonds is 6. The summed E-state index contributed by atoms with van der Waals surface area (Å²) in [5.74, 6) is -0.377. The smallest absolute Gasteiger partial charge is 0.352 e. The summed E-state index contributed by atoms with van der Waals surface area (Å²) < 4.78 is 18.6. The molecule has 0 aliphatic carbocycles. The van der Waals surface area contributed by atoms with Gasteiger partial charge in [-0.3, -0.25) is 4.98 Å². The topological polar surface area (TPSA) is 64.1 Å². The number of esters is 1. The standard InChI is InChI=1S/C18H16FN3O2S/c1-2-24-18(23)15-16(21-11-12-5-4-8-20-10-12)22-17(25-15)13-6-3-7-14(19)9-13/h3-10,21H,2,11H2,1H3. The highest BCUT2D eigenvalue weighted by molar-refractivity contribution is 7.17. The summed E-state index contributed by atoms with van der Waals surface area (Å²) in [5.41, 5.74) is 1.57. The molecule has 2 heterocycles. The predicted octanol–water partition coefficient (Wildman–Crippen LogP) is 4.13. The minimum atomic E-state index is -0.448. The average molecular weight is 357 g/mol. The summed E-state index contributed by atoms with van der Waals surface area (Å²) in [6.07, 6.45) is 3.43. The molecule has 3 rings (SSSR count). The van der Waals surface area contributed by atoms with E-state index in [1.54, 1.807) is 31.5 Å². The molecule has 1 aromatic carbocycles. The van der Waals surface area contributed by atoms with E-state index in [0.717, 1.165) is 5.56 Å². The molecule has 0 fully saturated rings. The van der Waals surface area contributed by atoms with E-state index < -0.39 is 5.97 Å². The summed E-state index contributed by atoms with van der Waals surface area (Å²) in [6.45, 7) is 2.48. The van der Waals surface area contributed by atoms with Crippen molar-refractivity contribution in [3.63, 3.8) is 0 Å². The average Bonchev–Trinajstić information content (AvgIpc) is 3.05. The Labute approximate surface area is 148 Å². The molecule has 128 valence electrons. The normalized spacial score (nSPS) is 10.5. The fraction of sp³-hybridized carbons (Fsp3) is 0.167. The second-order valence-electron chi connectivity index (χ2n) is 5.14. The van der Waals surface area contributed by atoms with E-state index in [9.17, 15) is 9.18 Å². The number of carbonyl (C=O) groups excluding carboxylic acids is 1. The molecule has 0 saturated heterocycles. The van der Waals surface area contributed by atoms with E-state index in [1.165, 1.54) is 23.5 Å². The quantitative estimate of drug-likeness (QED) is 0.672. The summed E-state index contributed by atoms with van der Waals surface area (Å²) in [4.78, 5) is 21.1. The van der Waals surface area contributed by atoms with Gasteiger partial charge in [-0.25, -0.2) is 14.2 Å². The third-order valence-corrected chi connectivity index (χ3v) is 4.43. The Bertz CT molecular complexity index is 868. The van der Waals surface area contributed by atoms with Gasteiger partial charge in [0, 0.05) is 24.5 Å². The van der Waals surface area contributed by atoms with E-state index in [-0.39, 0.29) is 12.4 Å². The Morgan fingerprint density at radius 3 is 2.92 bits per heavy atom. The van der Waals surface area contributed by atoms with E-state index in [1.807, 2.05) is 12.1 Å². The molecule has 5 nitrogen and oxygen atoms in total. The first-order valence-electron chi connectivity index (χ1n) is 7.74. The molecule has 0 radical (unpaired) electrons. The van der Waals surface area contributed by atoms with Crippen molar-refractivity contribution in [3.8, 4) is 10.6 Å². The van der Waals surface area contributed by atoms with Crippen molar-refractivity contribution < 1.29 is 13.9 Å². The van der Waals surface area contributed by atoms with Crippen LogP contribution in [0.3, 0.4) is 0 Å². The van der Waals surface area contributed by atoms with Gasteiger partial charge in [-0.05, 0) is 30.7 Å². The SMILES string of the molecule is CCOC(=O)c1sc(-c2cccc(F)c2)nc1NCc1cccnc1. The largest absolute Gasteiger partial charge is 0.462 e. The number of aromatic nitrogens is 2.